The number of rotatable bonds is 8. The van der Waals surface area contributed by atoms with Crippen molar-refractivity contribution in [1.82, 2.24) is 9.55 Å². The van der Waals surface area contributed by atoms with Gasteiger partial charge in [0.1, 0.15) is 12.2 Å². The minimum Gasteiger partial charge on any atom is -0.387 e. The van der Waals surface area contributed by atoms with Crippen molar-refractivity contribution in [2.24, 2.45) is 0 Å². The molecule has 0 spiro atoms. The second-order valence-electron chi connectivity index (χ2n) is 6.30. The molecule has 1 fully saturated rings. The van der Waals surface area contributed by atoms with Crippen molar-refractivity contribution >= 4 is 46.7 Å². The first-order chi connectivity index (χ1) is 14.9. The van der Waals surface area contributed by atoms with Crippen LogP contribution >= 0.6 is 46.7 Å². The molecule has 2 heterocycles. The van der Waals surface area contributed by atoms with E-state index < -0.39 is 64.1 Å². The molecular formula is C12H15Cl2N2O14P3. The number of phosphoric ester groups is 1. The Balaban J connectivity index is 2.32. The number of hydrogen-bond donors (Lipinski definition) is 6. The lowest BCUT2D eigenvalue weighted by Crippen LogP contribution is -2.45. The van der Waals surface area contributed by atoms with E-state index in [9.17, 15) is 38.2 Å². The highest BCUT2D eigenvalue weighted by Gasteiger charge is 2.58. The number of nitrogens with one attached hydrogen (secondary N) is 1. The lowest BCUT2D eigenvalue weighted by molar-refractivity contribution is -0.0749. The molecule has 1 aliphatic rings. The Hall–Kier alpha value is -0.850. The molecule has 1 saturated heterocycles. The molecule has 1 aromatic heterocycles. The summed E-state index contributed by atoms with van der Waals surface area (Å²) in [6, 6.07) is 0.922. The van der Waals surface area contributed by atoms with E-state index in [-0.39, 0.29) is 0 Å². The molecule has 2 rings (SSSR count). The average molecular weight is 575 g/mol. The molecule has 21 heteroatoms. The van der Waals surface area contributed by atoms with Crippen LogP contribution in [-0.4, -0.2) is 57.4 Å². The average Bonchev–Trinajstić information content (AvgIpc) is 2.83. The number of H-pyrrole nitrogens is 1. The fraction of sp³-hybridized carbons (Fsp3) is 0.500. The van der Waals surface area contributed by atoms with E-state index in [0.29, 0.717) is 0 Å². The van der Waals surface area contributed by atoms with Gasteiger partial charge in [-0.15, -0.1) is 0 Å². The standard InChI is InChI=1S/C12H15Cl2N2O14P3/c1-6(28-32(23,24)30-33(25,26)29-31(20,21)22)8-9(18)12(14,3-4-13)10(27-8)16-5-2-7(17)15-11(16)19/h2,5-6,8-10,18H,1H3,(H,23,24)(H,25,26)(H,15,17,19)(H2,20,21,22)/t6-,8?,9+,10-,12?/m1/s1. The maximum Gasteiger partial charge on any atom is 0.490 e. The van der Waals surface area contributed by atoms with Crippen molar-refractivity contribution in [1.29, 1.82) is 0 Å². The fourth-order valence-electron chi connectivity index (χ4n) is 2.73. The zero-order valence-electron chi connectivity index (χ0n) is 15.9. The second-order valence-corrected chi connectivity index (χ2v) is 11.5. The second kappa shape index (κ2) is 10.0. The van der Waals surface area contributed by atoms with Crippen molar-refractivity contribution in [2.75, 3.05) is 0 Å². The predicted molar refractivity (Wildman–Crippen MR) is 108 cm³/mol. The lowest BCUT2D eigenvalue weighted by atomic mass is 9.97. The van der Waals surface area contributed by atoms with Gasteiger partial charge in [-0.3, -0.25) is 18.9 Å². The highest BCUT2D eigenvalue weighted by Crippen LogP contribution is 2.66. The van der Waals surface area contributed by atoms with Crippen LogP contribution in [0.4, 0.5) is 0 Å². The Morgan fingerprint density at radius 3 is 2.33 bits per heavy atom. The molecule has 6 N–H and O–H groups in total. The highest BCUT2D eigenvalue weighted by atomic mass is 35.5. The Morgan fingerprint density at radius 2 is 1.82 bits per heavy atom. The molecule has 0 bridgehead atoms. The van der Waals surface area contributed by atoms with Crippen LogP contribution in [0.1, 0.15) is 13.2 Å². The number of halogens is 2. The zero-order valence-corrected chi connectivity index (χ0v) is 20.1. The zero-order chi connectivity index (χ0) is 25.4. The molecule has 0 amide bonds. The van der Waals surface area contributed by atoms with E-state index >= 15 is 0 Å². The summed E-state index contributed by atoms with van der Waals surface area (Å²) in [5, 5.41) is 12.5. The molecule has 4 unspecified atom stereocenters. The minimum atomic E-state index is -5.80. The largest absolute Gasteiger partial charge is 0.490 e. The molecule has 0 aromatic carbocycles. The lowest BCUT2D eigenvalue weighted by Gasteiger charge is -2.26. The van der Waals surface area contributed by atoms with Crippen molar-refractivity contribution in [3.05, 3.63) is 33.1 Å². The van der Waals surface area contributed by atoms with E-state index in [1.807, 2.05) is 10.4 Å². The van der Waals surface area contributed by atoms with Gasteiger partial charge in [0.15, 0.2) is 11.1 Å². The minimum absolute atomic E-state index is 0.733. The number of nitrogens with zero attached hydrogens (tertiary/aromatic N) is 1. The Labute approximate surface area is 193 Å². The molecule has 33 heavy (non-hydrogen) atoms. The van der Waals surface area contributed by atoms with Crippen LogP contribution in [-0.2, 0) is 31.6 Å². The van der Waals surface area contributed by atoms with Gasteiger partial charge in [0.05, 0.1) is 6.10 Å². The van der Waals surface area contributed by atoms with E-state index in [1.54, 1.807) is 0 Å². The molecule has 7 atom stereocenters. The number of alkyl halides is 1. The molecule has 1 aliphatic heterocycles. The maximum atomic E-state index is 12.1. The monoisotopic (exact) mass is 574 g/mol. The molecule has 186 valence electrons. The van der Waals surface area contributed by atoms with Crippen LogP contribution in [0.5, 0.6) is 0 Å². The smallest absolute Gasteiger partial charge is 0.387 e. The Morgan fingerprint density at radius 1 is 1.21 bits per heavy atom. The molecule has 1 aromatic rings. The van der Waals surface area contributed by atoms with E-state index in [0.717, 1.165) is 23.8 Å². The number of phosphoric acid groups is 3. The van der Waals surface area contributed by atoms with Gasteiger partial charge in [-0.25, -0.2) is 18.5 Å². The Kier molecular flexibility index (Phi) is 8.62. The summed E-state index contributed by atoms with van der Waals surface area (Å²) in [6.07, 6.45) is -5.95. The number of aliphatic hydroxyl groups excluding tert-OH is 1. The number of aromatic amines is 1. The number of aliphatic hydroxyl groups is 1. The Bertz CT molecular complexity index is 1220. The summed E-state index contributed by atoms with van der Waals surface area (Å²) in [5.41, 5.74) is -1.79. The number of ether oxygens (including phenoxy) is 1. The van der Waals surface area contributed by atoms with Crippen molar-refractivity contribution in [2.45, 2.75) is 36.3 Å². The van der Waals surface area contributed by atoms with Crippen LogP contribution in [0.25, 0.3) is 0 Å². The van der Waals surface area contributed by atoms with E-state index in [1.165, 1.54) is 0 Å². The fourth-order valence-corrected chi connectivity index (χ4v) is 6.46. The van der Waals surface area contributed by atoms with Gasteiger partial charge in [0.25, 0.3) is 5.56 Å². The first-order valence-corrected chi connectivity index (χ1v) is 13.5. The van der Waals surface area contributed by atoms with E-state index in [4.69, 9.17) is 37.7 Å². The van der Waals surface area contributed by atoms with Gasteiger partial charge in [-0.1, -0.05) is 17.5 Å². The van der Waals surface area contributed by atoms with E-state index in [2.05, 4.69) is 19.1 Å². The maximum absolute atomic E-state index is 12.1. The first kappa shape index (κ1) is 28.4. The quantitative estimate of drug-likeness (QED) is 0.133. The van der Waals surface area contributed by atoms with Gasteiger partial charge < -0.3 is 29.4 Å². The van der Waals surface area contributed by atoms with Gasteiger partial charge >= 0.3 is 29.2 Å². The van der Waals surface area contributed by atoms with Gasteiger partial charge in [-0.2, -0.15) is 8.62 Å². The first-order valence-electron chi connectivity index (χ1n) is 8.20. The highest BCUT2D eigenvalue weighted by molar-refractivity contribution is 7.66. The summed E-state index contributed by atoms with van der Waals surface area (Å²) in [4.78, 5) is 59.2. The number of aromatic nitrogens is 2. The third kappa shape index (κ3) is 7.08. The third-order valence-electron chi connectivity index (χ3n) is 3.91. The summed E-state index contributed by atoms with van der Waals surface area (Å²) >= 11 is 11.7. The predicted octanol–water partition coefficient (Wildman–Crippen LogP) is -0.296. The van der Waals surface area contributed by atoms with Crippen molar-refractivity contribution in [3.63, 3.8) is 0 Å². The van der Waals surface area contributed by atoms with Gasteiger partial charge in [0.2, 0.25) is 0 Å². The van der Waals surface area contributed by atoms with Crippen molar-refractivity contribution < 1.29 is 56.3 Å². The van der Waals surface area contributed by atoms with Gasteiger partial charge in [0, 0.05) is 17.6 Å². The summed E-state index contributed by atoms with van der Waals surface area (Å²) in [6.45, 7) is 1.01. The van der Waals surface area contributed by atoms with Crippen molar-refractivity contribution in [3.8, 4) is 11.3 Å². The van der Waals surface area contributed by atoms with Crippen LogP contribution < -0.4 is 11.2 Å². The molecule has 0 aliphatic carbocycles. The van der Waals surface area contributed by atoms with Crippen LogP contribution in [0.2, 0.25) is 0 Å². The molecule has 0 saturated carbocycles. The summed E-state index contributed by atoms with van der Waals surface area (Å²) < 4.78 is 52.2. The molecular weight excluding hydrogens is 560 g/mol. The normalized spacial score (nSPS) is 30.0. The summed E-state index contributed by atoms with van der Waals surface area (Å²) in [7, 11) is -17.0. The number of hydrogen-bond acceptors (Lipinski definition) is 10. The van der Waals surface area contributed by atoms with Gasteiger partial charge in [-0.05, 0) is 18.5 Å². The summed E-state index contributed by atoms with van der Waals surface area (Å²) in [5.74, 6) is 2.22. The molecule has 0 radical (unpaired) electrons. The SMILES string of the molecule is C[C@@H](OP(=O)(O)OP(=O)(O)OP(=O)(O)O)C1O[C@@H](n2ccc(=O)[nH]c2=O)C(Cl)(C#CCl)[C@H]1O. The van der Waals surface area contributed by atoms with Crippen LogP contribution in [0.15, 0.2) is 21.9 Å². The van der Waals surface area contributed by atoms with Crippen LogP contribution in [0.3, 0.4) is 0 Å². The third-order valence-corrected chi connectivity index (χ3v) is 8.43. The topological polar surface area (TPSA) is 244 Å². The molecule has 16 nitrogen and oxygen atoms in total. The van der Waals surface area contributed by atoms with Crippen LogP contribution in [0, 0.1) is 11.3 Å².